The van der Waals surface area contributed by atoms with Crippen LogP contribution < -0.4 is 15.0 Å². The topological polar surface area (TPSA) is 57.7 Å². The lowest BCUT2D eigenvalue weighted by atomic mass is 10.2. The normalized spacial score (nSPS) is 14.3. The molecule has 1 aromatic heterocycles. The summed E-state index contributed by atoms with van der Waals surface area (Å²) < 4.78 is 5.20. The summed E-state index contributed by atoms with van der Waals surface area (Å²) in [6.07, 6.45) is 1.66. The second kappa shape index (κ2) is 8.07. The van der Waals surface area contributed by atoms with E-state index in [1.165, 1.54) is 0 Å². The van der Waals surface area contributed by atoms with Gasteiger partial charge in [-0.25, -0.2) is 9.78 Å². The highest BCUT2D eigenvalue weighted by atomic mass is 35.5. The van der Waals surface area contributed by atoms with Gasteiger partial charge in [-0.1, -0.05) is 29.8 Å². The van der Waals surface area contributed by atoms with Crippen LogP contribution in [-0.4, -0.2) is 49.2 Å². The Bertz CT molecular complexity index is 733. The van der Waals surface area contributed by atoms with E-state index in [9.17, 15) is 4.79 Å². The molecule has 6 nitrogen and oxygen atoms in total. The van der Waals surface area contributed by atoms with Gasteiger partial charge in [-0.15, -0.1) is 0 Å². The Morgan fingerprint density at radius 1 is 1.20 bits per heavy atom. The first-order valence-corrected chi connectivity index (χ1v) is 8.57. The van der Waals surface area contributed by atoms with Crippen LogP contribution in [0.1, 0.15) is 5.56 Å². The minimum Gasteiger partial charge on any atom is -0.481 e. The van der Waals surface area contributed by atoms with Gasteiger partial charge in [-0.3, -0.25) is 0 Å². The minimum atomic E-state index is -0.0790. The van der Waals surface area contributed by atoms with Crippen LogP contribution in [0.4, 0.5) is 10.5 Å². The van der Waals surface area contributed by atoms with Gasteiger partial charge in [-0.05, 0) is 18.2 Å². The molecule has 1 aliphatic heterocycles. The molecule has 3 rings (SSSR count). The number of para-hydroxylation sites is 1. The molecule has 1 aliphatic rings. The monoisotopic (exact) mass is 360 g/mol. The zero-order chi connectivity index (χ0) is 17.6. The van der Waals surface area contributed by atoms with Crippen molar-refractivity contribution in [1.29, 1.82) is 0 Å². The fourth-order valence-electron chi connectivity index (χ4n) is 2.88. The molecule has 1 aromatic carbocycles. The zero-order valence-electron chi connectivity index (χ0n) is 14.1. The van der Waals surface area contributed by atoms with Crippen molar-refractivity contribution in [2.45, 2.75) is 6.54 Å². The van der Waals surface area contributed by atoms with Crippen molar-refractivity contribution in [2.24, 2.45) is 0 Å². The van der Waals surface area contributed by atoms with Crippen LogP contribution in [0.5, 0.6) is 5.88 Å². The smallest absolute Gasteiger partial charge is 0.317 e. The van der Waals surface area contributed by atoms with Gasteiger partial charge in [-0.2, -0.15) is 0 Å². The molecule has 2 amide bonds. The molecule has 0 bridgehead atoms. The van der Waals surface area contributed by atoms with Crippen molar-refractivity contribution < 1.29 is 9.53 Å². The number of halogens is 1. The summed E-state index contributed by atoms with van der Waals surface area (Å²) in [5.41, 5.74) is 1.87. The van der Waals surface area contributed by atoms with Gasteiger partial charge in [0.25, 0.3) is 0 Å². The van der Waals surface area contributed by atoms with Crippen LogP contribution in [0, 0.1) is 0 Å². The number of carbonyl (C=O) groups is 1. The SMILES string of the molecule is COc1ncccc1CNC(=O)N1CCN(c2ccccc2Cl)CC1. The largest absolute Gasteiger partial charge is 0.481 e. The Labute approximate surface area is 152 Å². The number of urea groups is 1. The molecule has 0 atom stereocenters. The van der Waals surface area contributed by atoms with Crippen molar-refractivity contribution in [3.63, 3.8) is 0 Å². The van der Waals surface area contributed by atoms with E-state index < -0.39 is 0 Å². The number of benzene rings is 1. The number of rotatable bonds is 4. The molecule has 2 heterocycles. The van der Waals surface area contributed by atoms with Crippen LogP contribution in [0.3, 0.4) is 0 Å². The maximum atomic E-state index is 12.4. The van der Waals surface area contributed by atoms with Crippen molar-refractivity contribution in [3.05, 3.63) is 53.2 Å². The van der Waals surface area contributed by atoms with Crippen molar-refractivity contribution >= 4 is 23.3 Å². The average molecular weight is 361 g/mol. The van der Waals surface area contributed by atoms with E-state index in [0.717, 1.165) is 29.4 Å². The maximum Gasteiger partial charge on any atom is 0.317 e. The molecule has 132 valence electrons. The molecule has 0 radical (unpaired) electrons. The summed E-state index contributed by atoms with van der Waals surface area (Å²) in [6, 6.07) is 11.4. The third kappa shape index (κ3) is 4.14. The van der Waals surface area contributed by atoms with Gasteiger partial charge in [0.15, 0.2) is 0 Å². The van der Waals surface area contributed by atoms with Gasteiger partial charge in [0, 0.05) is 44.5 Å². The van der Waals surface area contributed by atoms with E-state index in [1.54, 1.807) is 13.3 Å². The number of hydrogen-bond donors (Lipinski definition) is 1. The summed E-state index contributed by atoms with van der Waals surface area (Å²) in [4.78, 5) is 20.5. The predicted octanol–water partition coefficient (Wildman–Crippen LogP) is 2.78. The lowest BCUT2D eigenvalue weighted by molar-refractivity contribution is 0.194. The Morgan fingerprint density at radius 2 is 1.96 bits per heavy atom. The van der Waals surface area contributed by atoms with E-state index >= 15 is 0 Å². The number of nitrogens with zero attached hydrogens (tertiary/aromatic N) is 3. The van der Waals surface area contributed by atoms with E-state index in [4.69, 9.17) is 16.3 Å². The van der Waals surface area contributed by atoms with Crippen LogP contribution >= 0.6 is 11.6 Å². The number of aromatic nitrogens is 1. The molecule has 1 N–H and O–H groups in total. The fraction of sp³-hybridized carbons (Fsp3) is 0.333. The molecule has 0 saturated carbocycles. The fourth-order valence-corrected chi connectivity index (χ4v) is 3.14. The summed E-state index contributed by atoms with van der Waals surface area (Å²) in [7, 11) is 1.57. The van der Waals surface area contributed by atoms with Crippen molar-refractivity contribution in [3.8, 4) is 5.88 Å². The molecular weight excluding hydrogens is 340 g/mol. The summed E-state index contributed by atoms with van der Waals surface area (Å²) in [6.45, 7) is 3.21. The number of ether oxygens (including phenoxy) is 1. The standard InChI is InChI=1S/C18H21ClN4O2/c1-25-17-14(5-4-8-20-17)13-21-18(24)23-11-9-22(10-12-23)16-7-3-2-6-15(16)19/h2-8H,9-13H2,1H3,(H,21,24). The molecular formula is C18H21ClN4O2. The summed E-state index contributed by atoms with van der Waals surface area (Å²) >= 11 is 6.25. The Balaban J connectivity index is 1.53. The van der Waals surface area contributed by atoms with Crippen molar-refractivity contribution in [1.82, 2.24) is 15.2 Å². The first-order valence-electron chi connectivity index (χ1n) is 8.19. The highest BCUT2D eigenvalue weighted by Crippen LogP contribution is 2.26. The van der Waals surface area contributed by atoms with E-state index in [0.29, 0.717) is 25.5 Å². The Hall–Kier alpha value is -2.47. The quantitative estimate of drug-likeness (QED) is 0.910. The second-order valence-corrected chi connectivity index (χ2v) is 6.16. The van der Waals surface area contributed by atoms with Crippen LogP contribution in [-0.2, 0) is 6.54 Å². The second-order valence-electron chi connectivity index (χ2n) is 5.76. The Kier molecular flexibility index (Phi) is 5.60. The molecule has 1 fully saturated rings. The first kappa shape index (κ1) is 17.4. The number of anilines is 1. The zero-order valence-corrected chi connectivity index (χ0v) is 14.9. The third-order valence-electron chi connectivity index (χ3n) is 4.23. The molecule has 2 aromatic rings. The highest BCUT2D eigenvalue weighted by molar-refractivity contribution is 6.33. The van der Waals surface area contributed by atoms with Crippen LogP contribution in [0.25, 0.3) is 0 Å². The van der Waals surface area contributed by atoms with Crippen LogP contribution in [0.2, 0.25) is 5.02 Å². The lowest BCUT2D eigenvalue weighted by Gasteiger charge is -2.36. The number of hydrogen-bond acceptors (Lipinski definition) is 4. The average Bonchev–Trinajstić information content (AvgIpc) is 2.67. The van der Waals surface area contributed by atoms with Gasteiger partial charge >= 0.3 is 6.03 Å². The van der Waals surface area contributed by atoms with Crippen LogP contribution in [0.15, 0.2) is 42.6 Å². The molecule has 0 unspecified atom stereocenters. The molecule has 25 heavy (non-hydrogen) atoms. The molecule has 7 heteroatoms. The third-order valence-corrected chi connectivity index (χ3v) is 4.55. The van der Waals surface area contributed by atoms with Crippen molar-refractivity contribution in [2.75, 3.05) is 38.2 Å². The van der Waals surface area contributed by atoms with E-state index in [2.05, 4.69) is 15.2 Å². The minimum absolute atomic E-state index is 0.0790. The maximum absolute atomic E-state index is 12.4. The van der Waals surface area contributed by atoms with E-state index in [1.807, 2.05) is 41.3 Å². The molecule has 0 spiro atoms. The lowest BCUT2D eigenvalue weighted by Crippen LogP contribution is -2.51. The number of methoxy groups -OCH3 is 1. The predicted molar refractivity (Wildman–Crippen MR) is 98.3 cm³/mol. The van der Waals surface area contributed by atoms with E-state index in [-0.39, 0.29) is 6.03 Å². The molecule has 1 saturated heterocycles. The van der Waals surface area contributed by atoms with Gasteiger partial charge in [0.2, 0.25) is 5.88 Å². The number of piperazine rings is 1. The number of carbonyl (C=O) groups excluding carboxylic acids is 1. The van der Waals surface area contributed by atoms with Gasteiger partial charge in [0.1, 0.15) is 0 Å². The molecule has 0 aliphatic carbocycles. The summed E-state index contributed by atoms with van der Waals surface area (Å²) in [5.74, 6) is 0.534. The number of pyridine rings is 1. The van der Waals surface area contributed by atoms with Gasteiger partial charge in [0.05, 0.1) is 17.8 Å². The number of nitrogens with one attached hydrogen (secondary N) is 1. The highest BCUT2D eigenvalue weighted by Gasteiger charge is 2.22. The first-order chi connectivity index (χ1) is 12.2. The summed E-state index contributed by atoms with van der Waals surface area (Å²) in [5, 5.41) is 3.67. The van der Waals surface area contributed by atoms with Gasteiger partial charge < -0.3 is 19.9 Å². The number of amides is 2. The Morgan fingerprint density at radius 3 is 2.68 bits per heavy atom.